The maximum atomic E-state index is 5.03. The highest BCUT2D eigenvalue weighted by atomic mass is 16.7. The summed E-state index contributed by atoms with van der Waals surface area (Å²) in [4.78, 5) is 0. The van der Waals surface area contributed by atoms with Gasteiger partial charge in [-0.3, -0.25) is 4.68 Å². The van der Waals surface area contributed by atoms with E-state index >= 15 is 0 Å². The summed E-state index contributed by atoms with van der Waals surface area (Å²) in [5, 5.41) is 7.30. The van der Waals surface area contributed by atoms with Crippen molar-refractivity contribution in [3.8, 4) is 0 Å². The van der Waals surface area contributed by atoms with Crippen LogP contribution in [-0.4, -0.2) is 43.4 Å². The van der Waals surface area contributed by atoms with Gasteiger partial charge in [0, 0.05) is 39.7 Å². The lowest BCUT2D eigenvalue weighted by Crippen LogP contribution is -2.31. The SMILES string of the molecule is COC(CNCCn1cccn1)OC. The standard InChI is InChI=1S/C9H17N3O2/c1-13-9(14-2)8-10-5-7-12-6-3-4-11-12/h3-4,6,9-10H,5,7-8H2,1-2H3. The van der Waals surface area contributed by atoms with Crippen molar-refractivity contribution in [2.45, 2.75) is 12.8 Å². The van der Waals surface area contributed by atoms with Crippen molar-refractivity contribution in [3.05, 3.63) is 18.5 Å². The molecule has 0 bridgehead atoms. The van der Waals surface area contributed by atoms with Crippen molar-refractivity contribution < 1.29 is 9.47 Å². The van der Waals surface area contributed by atoms with Crippen LogP contribution in [-0.2, 0) is 16.0 Å². The normalized spacial score (nSPS) is 11.1. The molecule has 0 aliphatic rings. The van der Waals surface area contributed by atoms with Crippen LogP contribution in [0.4, 0.5) is 0 Å². The van der Waals surface area contributed by atoms with Crippen LogP contribution in [0.5, 0.6) is 0 Å². The van der Waals surface area contributed by atoms with Crippen molar-refractivity contribution >= 4 is 0 Å². The molecule has 5 nitrogen and oxygen atoms in total. The fourth-order valence-electron chi connectivity index (χ4n) is 1.11. The monoisotopic (exact) mass is 199 g/mol. The topological polar surface area (TPSA) is 48.3 Å². The molecular weight excluding hydrogens is 182 g/mol. The van der Waals surface area contributed by atoms with Crippen LogP contribution in [0.25, 0.3) is 0 Å². The van der Waals surface area contributed by atoms with Crippen molar-refractivity contribution in [2.24, 2.45) is 0 Å². The third-order valence-corrected chi connectivity index (χ3v) is 1.91. The number of aromatic nitrogens is 2. The zero-order valence-corrected chi connectivity index (χ0v) is 8.64. The summed E-state index contributed by atoms with van der Waals surface area (Å²) in [7, 11) is 3.26. The Morgan fingerprint density at radius 2 is 2.21 bits per heavy atom. The lowest BCUT2D eigenvalue weighted by Gasteiger charge is -2.13. The highest BCUT2D eigenvalue weighted by Gasteiger charge is 2.02. The van der Waals surface area contributed by atoms with Gasteiger partial charge in [-0.05, 0) is 6.07 Å². The summed E-state index contributed by atoms with van der Waals surface area (Å²) in [6.07, 6.45) is 3.53. The van der Waals surface area contributed by atoms with E-state index in [1.54, 1.807) is 20.4 Å². The third kappa shape index (κ3) is 3.87. The van der Waals surface area contributed by atoms with Crippen LogP contribution in [0.1, 0.15) is 0 Å². The Bertz CT molecular complexity index is 222. The van der Waals surface area contributed by atoms with Gasteiger partial charge in [0.1, 0.15) is 0 Å². The molecule has 0 radical (unpaired) electrons. The molecule has 0 fully saturated rings. The minimum absolute atomic E-state index is 0.173. The first-order chi connectivity index (χ1) is 6.86. The molecule has 1 aromatic heterocycles. The van der Waals surface area contributed by atoms with Crippen LogP contribution in [0.15, 0.2) is 18.5 Å². The van der Waals surface area contributed by atoms with Crippen LogP contribution in [0, 0.1) is 0 Å². The lowest BCUT2D eigenvalue weighted by molar-refractivity contribution is -0.0987. The van der Waals surface area contributed by atoms with Gasteiger partial charge in [-0.1, -0.05) is 0 Å². The van der Waals surface area contributed by atoms with Crippen LogP contribution in [0.2, 0.25) is 0 Å². The number of hydrogen-bond acceptors (Lipinski definition) is 4. The molecule has 1 N–H and O–H groups in total. The maximum absolute atomic E-state index is 5.03. The number of hydrogen-bond donors (Lipinski definition) is 1. The summed E-state index contributed by atoms with van der Waals surface area (Å²) in [5.41, 5.74) is 0. The number of nitrogens with zero attached hydrogens (tertiary/aromatic N) is 2. The van der Waals surface area contributed by atoms with Crippen molar-refractivity contribution in [1.29, 1.82) is 0 Å². The zero-order chi connectivity index (χ0) is 10.2. The predicted octanol–water partition coefficient (Wildman–Crippen LogP) is 0.0916. The molecule has 80 valence electrons. The van der Waals surface area contributed by atoms with Crippen LogP contribution in [0.3, 0.4) is 0 Å². The lowest BCUT2D eigenvalue weighted by atomic mass is 10.5. The molecule has 0 atom stereocenters. The molecule has 14 heavy (non-hydrogen) atoms. The van der Waals surface area contributed by atoms with E-state index in [2.05, 4.69) is 10.4 Å². The largest absolute Gasteiger partial charge is 0.355 e. The summed E-state index contributed by atoms with van der Waals surface area (Å²) in [5.74, 6) is 0. The number of nitrogens with one attached hydrogen (secondary N) is 1. The fraction of sp³-hybridized carbons (Fsp3) is 0.667. The minimum Gasteiger partial charge on any atom is -0.355 e. The summed E-state index contributed by atoms with van der Waals surface area (Å²) < 4.78 is 11.9. The van der Waals surface area contributed by atoms with E-state index in [4.69, 9.17) is 9.47 Å². The van der Waals surface area contributed by atoms with Gasteiger partial charge < -0.3 is 14.8 Å². The van der Waals surface area contributed by atoms with Crippen molar-refractivity contribution in [2.75, 3.05) is 27.3 Å². The molecule has 1 rings (SSSR count). The second kappa shape index (κ2) is 6.53. The van der Waals surface area contributed by atoms with Gasteiger partial charge in [0.15, 0.2) is 6.29 Å². The first kappa shape index (κ1) is 11.2. The Hall–Kier alpha value is -0.910. The molecular formula is C9H17N3O2. The molecule has 0 unspecified atom stereocenters. The van der Waals surface area contributed by atoms with E-state index in [0.717, 1.165) is 13.1 Å². The molecule has 0 amide bonds. The summed E-state index contributed by atoms with van der Waals surface area (Å²) >= 11 is 0. The van der Waals surface area contributed by atoms with Gasteiger partial charge in [-0.15, -0.1) is 0 Å². The quantitative estimate of drug-likeness (QED) is 0.499. The second-order valence-electron chi connectivity index (χ2n) is 2.87. The number of methoxy groups -OCH3 is 2. The Morgan fingerprint density at radius 3 is 2.79 bits per heavy atom. The average Bonchev–Trinajstić information content (AvgIpc) is 2.71. The van der Waals surface area contributed by atoms with Crippen LogP contribution < -0.4 is 5.32 Å². The maximum Gasteiger partial charge on any atom is 0.169 e. The molecule has 0 aliphatic heterocycles. The smallest absolute Gasteiger partial charge is 0.169 e. The molecule has 0 spiro atoms. The Morgan fingerprint density at radius 1 is 1.43 bits per heavy atom. The molecule has 5 heteroatoms. The molecule has 0 aromatic carbocycles. The Balaban J connectivity index is 2.04. The molecule has 1 heterocycles. The summed E-state index contributed by atoms with van der Waals surface area (Å²) in [6, 6.07) is 1.91. The van der Waals surface area contributed by atoms with Gasteiger partial charge in [0.2, 0.25) is 0 Å². The number of ether oxygens (including phenoxy) is 2. The highest BCUT2D eigenvalue weighted by Crippen LogP contribution is 1.87. The zero-order valence-electron chi connectivity index (χ0n) is 8.64. The van der Waals surface area contributed by atoms with E-state index in [-0.39, 0.29) is 6.29 Å². The molecule has 0 saturated carbocycles. The summed E-state index contributed by atoms with van der Waals surface area (Å²) in [6.45, 7) is 2.40. The number of rotatable bonds is 7. The Kier molecular flexibility index (Phi) is 5.21. The first-order valence-corrected chi connectivity index (χ1v) is 4.60. The van der Waals surface area contributed by atoms with E-state index in [1.807, 2.05) is 16.9 Å². The Labute approximate surface area is 84.0 Å². The van der Waals surface area contributed by atoms with Crippen molar-refractivity contribution in [1.82, 2.24) is 15.1 Å². The van der Waals surface area contributed by atoms with Gasteiger partial charge in [-0.2, -0.15) is 5.10 Å². The molecule has 0 saturated heterocycles. The molecule has 0 aliphatic carbocycles. The van der Waals surface area contributed by atoms with E-state index in [9.17, 15) is 0 Å². The van der Waals surface area contributed by atoms with E-state index in [0.29, 0.717) is 6.54 Å². The van der Waals surface area contributed by atoms with E-state index < -0.39 is 0 Å². The van der Waals surface area contributed by atoms with Gasteiger partial charge >= 0.3 is 0 Å². The van der Waals surface area contributed by atoms with Gasteiger partial charge in [0.25, 0.3) is 0 Å². The van der Waals surface area contributed by atoms with Crippen molar-refractivity contribution in [3.63, 3.8) is 0 Å². The second-order valence-corrected chi connectivity index (χ2v) is 2.87. The van der Waals surface area contributed by atoms with Gasteiger partial charge in [-0.25, -0.2) is 0 Å². The highest BCUT2D eigenvalue weighted by molar-refractivity contribution is 4.77. The minimum atomic E-state index is -0.173. The molecule has 1 aromatic rings. The predicted molar refractivity (Wildman–Crippen MR) is 52.9 cm³/mol. The van der Waals surface area contributed by atoms with Gasteiger partial charge in [0.05, 0.1) is 6.54 Å². The third-order valence-electron chi connectivity index (χ3n) is 1.91. The first-order valence-electron chi connectivity index (χ1n) is 4.60. The average molecular weight is 199 g/mol. The fourth-order valence-corrected chi connectivity index (χ4v) is 1.11. The van der Waals surface area contributed by atoms with E-state index in [1.165, 1.54) is 0 Å². The van der Waals surface area contributed by atoms with Crippen LogP contribution >= 0.6 is 0 Å².